The minimum absolute atomic E-state index is 0.0713. The van der Waals surface area contributed by atoms with Crippen LogP contribution >= 0.6 is 0 Å². The molecular weight excluding hydrogens is 386 g/mol. The quantitative estimate of drug-likeness (QED) is 0.613. The fourth-order valence-electron chi connectivity index (χ4n) is 4.34. The number of fused-ring (bicyclic) bond motifs is 1. The first-order valence-electron chi connectivity index (χ1n) is 12.3. The van der Waals surface area contributed by atoms with Gasteiger partial charge in [0.1, 0.15) is 0 Å². The van der Waals surface area contributed by atoms with E-state index in [1.165, 1.54) is 19.3 Å². The van der Waals surface area contributed by atoms with Gasteiger partial charge in [0, 0.05) is 44.4 Å². The summed E-state index contributed by atoms with van der Waals surface area (Å²) in [4.78, 5) is 31.8. The Morgan fingerprint density at radius 2 is 1.65 bits per heavy atom. The molecule has 5 nitrogen and oxygen atoms in total. The summed E-state index contributed by atoms with van der Waals surface area (Å²) in [6.07, 6.45) is 7.02. The molecule has 0 bridgehead atoms. The molecule has 0 unspecified atom stereocenters. The van der Waals surface area contributed by atoms with Gasteiger partial charge < -0.3 is 9.80 Å². The Kier molecular flexibility index (Phi) is 10.5. The average molecular weight is 430 g/mol. The molecule has 0 saturated heterocycles. The van der Waals surface area contributed by atoms with Gasteiger partial charge in [-0.15, -0.1) is 0 Å². The van der Waals surface area contributed by atoms with Crippen molar-refractivity contribution in [3.8, 4) is 0 Å². The Labute approximate surface area is 189 Å². The highest BCUT2D eigenvalue weighted by molar-refractivity contribution is 5.97. The van der Waals surface area contributed by atoms with Gasteiger partial charge >= 0.3 is 0 Å². The minimum atomic E-state index is 0.0713. The van der Waals surface area contributed by atoms with Gasteiger partial charge in [0.25, 0.3) is 5.91 Å². The number of amides is 2. The maximum absolute atomic E-state index is 13.0. The van der Waals surface area contributed by atoms with E-state index in [0.717, 1.165) is 62.3 Å². The minimum Gasteiger partial charge on any atom is -0.339 e. The maximum atomic E-state index is 13.0. The molecule has 2 amide bonds. The number of hydrogen-bond donors (Lipinski definition) is 0. The van der Waals surface area contributed by atoms with Crippen LogP contribution in [0.25, 0.3) is 0 Å². The lowest BCUT2D eigenvalue weighted by atomic mass is 10.0. The van der Waals surface area contributed by atoms with Gasteiger partial charge in [-0.1, -0.05) is 33.1 Å². The molecule has 0 aliphatic carbocycles. The number of hydrogen-bond acceptors (Lipinski definition) is 3. The van der Waals surface area contributed by atoms with Crippen molar-refractivity contribution >= 4 is 17.5 Å². The van der Waals surface area contributed by atoms with Gasteiger partial charge in [0.05, 0.1) is 0 Å². The number of carbonyl (C=O) groups is 2. The Morgan fingerprint density at radius 1 is 1.00 bits per heavy atom. The Bertz CT molecular complexity index is 713. The number of benzene rings is 1. The summed E-state index contributed by atoms with van der Waals surface area (Å²) < 4.78 is 0. The van der Waals surface area contributed by atoms with Crippen molar-refractivity contribution in [3.63, 3.8) is 0 Å². The molecule has 1 aromatic carbocycles. The smallest absolute Gasteiger partial charge is 0.253 e. The summed E-state index contributed by atoms with van der Waals surface area (Å²) in [6.45, 7) is 15.3. The fraction of sp³-hybridized carbons (Fsp3) is 0.692. The van der Waals surface area contributed by atoms with Crippen LogP contribution in [0.5, 0.6) is 0 Å². The van der Waals surface area contributed by atoms with E-state index in [2.05, 4.69) is 18.7 Å². The van der Waals surface area contributed by atoms with Crippen LogP contribution in [0.4, 0.5) is 5.69 Å². The largest absolute Gasteiger partial charge is 0.339 e. The molecule has 2 rings (SSSR count). The molecule has 5 heteroatoms. The molecule has 1 aromatic rings. The second-order valence-corrected chi connectivity index (χ2v) is 9.22. The summed E-state index contributed by atoms with van der Waals surface area (Å²) in [7, 11) is 0. The van der Waals surface area contributed by atoms with Crippen molar-refractivity contribution < 1.29 is 9.59 Å². The van der Waals surface area contributed by atoms with Crippen molar-refractivity contribution in [3.05, 3.63) is 29.3 Å². The van der Waals surface area contributed by atoms with Gasteiger partial charge in [-0.3, -0.25) is 14.5 Å². The lowest BCUT2D eigenvalue weighted by Gasteiger charge is -2.30. The van der Waals surface area contributed by atoms with E-state index in [-0.39, 0.29) is 11.8 Å². The second-order valence-electron chi connectivity index (χ2n) is 9.22. The molecule has 0 saturated carbocycles. The zero-order chi connectivity index (χ0) is 22.8. The lowest BCUT2D eigenvalue weighted by Crippen LogP contribution is -2.34. The molecule has 1 aliphatic rings. The zero-order valence-electron chi connectivity index (χ0n) is 20.5. The molecule has 0 N–H and O–H groups in total. The molecule has 174 valence electrons. The standard InChI is InChI=1S/C26H43N3O2/c1-6-28(7-2)26(31)23-13-14-25-24(19-23)20-27(18-15-21(3)4)16-11-9-8-10-12-17-29(25)22(5)30/h13-14,19,21H,6-12,15-18,20H2,1-5H3. The van der Waals surface area contributed by atoms with E-state index in [4.69, 9.17) is 0 Å². The third kappa shape index (κ3) is 7.64. The number of carbonyl (C=O) groups excluding carboxylic acids is 2. The number of nitrogens with zero attached hydrogens (tertiary/aromatic N) is 3. The van der Waals surface area contributed by atoms with Crippen LogP contribution in [0.3, 0.4) is 0 Å². The second kappa shape index (κ2) is 12.8. The van der Waals surface area contributed by atoms with Gasteiger partial charge in [-0.25, -0.2) is 0 Å². The Balaban J connectivity index is 2.44. The summed E-state index contributed by atoms with van der Waals surface area (Å²) in [6, 6.07) is 5.94. The van der Waals surface area contributed by atoms with Crippen LogP contribution in [0, 0.1) is 5.92 Å². The predicted octanol–water partition coefficient (Wildman–Crippen LogP) is 5.33. The zero-order valence-corrected chi connectivity index (χ0v) is 20.5. The highest BCUT2D eigenvalue weighted by Gasteiger charge is 2.21. The average Bonchev–Trinajstić information content (AvgIpc) is 2.73. The lowest BCUT2D eigenvalue weighted by molar-refractivity contribution is -0.116. The highest BCUT2D eigenvalue weighted by atomic mass is 16.2. The fourth-order valence-corrected chi connectivity index (χ4v) is 4.34. The van der Waals surface area contributed by atoms with Crippen LogP contribution in [-0.2, 0) is 11.3 Å². The van der Waals surface area contributed by atoms with Crippen LogP contribution < -0.4 is 4.90 Å². The summed E-state index contributed by atoms with van der Waals surface area (Å²) >= 11 is 0. The molecule has 0 radical (unpaired) electrons. The summed E-state index contributed by atoms with van der Waals surface area (Å²) in [5.74, 6) is 0.807. The SMILES string of the molecule is CCN(CC)C(=O)c1ccc2c(c1)CN(CCC(C)C)CCCCCCCN2C(C)=O. The van der Waals surface area contributed by atoms with Crippen molar-refractivity contribution in [2.45, 2.75) is 79.7 Å². The van der Waals surface area contributed by atoms with Crippen molar-refractivity contribution in [1.82, 2.24) is 9.80 Å². The van der Waals surface area contributed by atoms with E-state index in [0.29, 0.717) is 19.0 Å². The third-order valence-electron chi connectivity index (χ3n) is 6.32. The number of anilines is 1. The molecule has 1 heterocycles. The predicted molar refractivity (Wildman–Crippen MR) is 130 cm³/mol. The molecular formula is C26H43N3O2. The molecule has 31 heavy (non-hydrogen) atoms. The highest BCUT2D eigenvalue weighted by Crippen LogP contribution is 2.27. The monoisotopic (exact) mass is 429 g/mol. The van der Waals surface area contributed by atoms with Gasteiger partial charge in [0.2, 0.25) is 5.91 Å². The van der Waals surface area contributed by atoms with E-state index in [1.54, 1.807) is 6.92 Å². The first-order chi connectivity index (χ1) is 14.9. The Hall–Kier alpha value is -1.88. The molecule has 0 atom stereocenters. The van der Waals surface area contributed by atoms with Crippen molar-refractivity contribution in [2.24, 2.45) is 5.92 Å². The van der Waals surface area contributed by atoms with E-state index < -0.39 is 0 Å². The van der Waals surface area contributed by atoms with Crippen LogP contribution in [0.1, 0.15) is 89.1 Å². The first-order valence-corrected chi connectivity index (χ1v) is 12.3. The van der Waals surface area contributed by atoms with Crippen LogP contribution in [-0.4, -0.2) is 54.3 Å². The summed E-state index contributed by atoms with van der Waals surface area (Å²) in [5, 5.41) is 0. The molecule has 1 aliphatic heterocycles. The van der Waals surface area contributed by atoms with E-state index >= 15 is 0 Å². The van der Waals surface area contributed by atoms with Gasteiger partial charge in [-0.05, 0) is 75.9 Å². The first kappa shape index (κ1) is 25.4. The van der Waals surface area contributed by atoms with E-state index in [9.17, 15) is 9.59 Å². The van der Waals surface area contributed by atoms with Crippen molar-refractivity contribution in [2.75, 3.05) is 37.6 Å². The topological polar surface area (TPSA) is 43.9 Å². The molecule has 0 spiro atoms. The van der Waals surface area contributed by atoms with Gasteiger partial charge in [0.15, 0.2) is 0 Å². The maximum Gasteiger partial charge on any atom is 0.253 e. The van der Waals surface area contributed by atoms with Crippen LogP contribution in [0.15, 0.2) is 18.2 Å². The van der Waals surface area contributed by atoms with Crippen molar-refractivity contribution in [1.29, 1.82) is 0 Å². The number of rotatable bonds is 6. The molecule has 0 aromatic heterocycles. The Morgan fingerprint density at radius 3 is 2.26 bits per heavy atom. The molecule has 0 fully saturated rings. The normalized spacial score (nSPS) is 16.4. The van der Waals surface area contributed by atoms with Gasteiger partial charge in [-0.2, -0.15) is 0 Å². The third-order valence-corrected chi connectivity index (χ3v) is 6.32. The van der Waals surface area contributed by atoms with Crippen LogP contribution in [0.2, 0.25) is 0 Å². The van der Waals surface area contributed by atoms with E-state index in [1.807, 2.05) is 41.8 Å². The summed E-state index contributed by atoms with van der Waals surface area (Å²) in [5.41, 5.74) is 2.79.